The second kappa shape index (κ2) is 4.80. The van der Waals surface area contributed by atoms with Gasteiger partial charge in [0, 0.05) is 12.1 Å². The standard InChI is InChI=1S/C12H17N3O3/c1-8(2)14-6-13-5-10(14)11(12(17)18)15(7-16)9-3-4-9/h5-9,11H,3-4H2,1-2H3,(H,17,18). The van der Waals surface area contributed by atoms with E-state index in [-0.39, 0.29) is 12.1 Å². The molecule has 1 unspecified atom stereocenters. The lowest BCUT2D eigenvalue weighted by Gasteiger charge is -2.26. The normalized spacial score (nSPS) is 16.6. The van der Waals surface area contributed by atoms with Crippen LogP contribution in [-0.4, -0.2) is 38.0 Å². The molecular formula is C12H17N3O3. The molecule has 1 aliphatic rings. The zero-order valence-corrected chi connectivity index (χ0v) is 10.5. The molecule has 1 saturated carbocycles. The van der Waals surface area contributed by atoms with Gasteiger partial charge in [-0.3, -0.25) is 4.79 Å². The van der Waals surface area contributed by atoms with E-state index in [0.29, 0.717) is 12.1 Å². The first-order valence-electron chi connectivity index (χ1n) is 6.03. The van der Waals surface area contributed by atoms with Crippen molar-refractivity contribution in [3.8, 4) is 0 Å². The van der Waals surface area contributed by atoms with Crippen LogP contribution in [0.4, 0.5) is 0 Å². The Balaban J connectivity index is 2.37. The second-order valence-corrected chi connectivity index (χ2v) is 4.84. The monoisotopic (exact) mass is 251 g/mol. The maximum atomic E-state index is 11.5. The number of carboxylic acids is 1. The largest absolute Gasteiger partial charge is 0.479 e. The third-order valence-corrected chi connectivity index (χ3v) is 3.15. The number of carbonyl (C=O) groups excluding carboxylic acids is 1. The van der Waals surface area contributed by atoms with Crippen LogP contribution in [0.1, 0.15) is 44.5 Å². The Morgan fingerprint density at radius 3 is 2.72 bits per heavy atom. The molecule has 18 heavy (non-hydrogen) atoms. The van der Waals surface area contributed by atoms with Crippen LogP contribution < -0.4 is 0 Å². The van der Waals surface area contributed by atoms with Gasteiger partial charge in [0.2, 0.25) is 6.41 Å². The molecule has 0 aromatic carbocycles. The van der Waals surface area contributed by atoms with Crippen LogP contribution in [-0.2, 0) is 9.59 Å². The number of nitrogens with zero attached hydrogens (tertiary/aromatic N) is 3. The van der Waals surface area contributed by atoms with Gasteiger partial charge in [0.1, 0.15) is 0 Å². The molecule has 1 heterocycles. The van der Waals surface area contributed by atoms with Crippen molar-refractivity contribution in [2.45, 2.75) is 44.8 Å². The molecule has 6 heteroatoms. The fourth-order valence-corrected chi connectivity index (χ4v) is 2.10. The summed E-state index contributed by atoms with van der Waals surface area (Å²) in [4.78, 5) is 28.0. The van der Waals surface area contributed by atoms with E-state index in [9.17, 15) is 14.7 Å². The van der Waals surface area contributed by atoms with Gasteiger partial charge in [-0.05, 0) is 26.7 Å². The molecule has 1 aromatic rings. The number of aromatic nitrogens is 2. The number of aliphatic carboxylic acids is 1. The van der Waals surface area contributed by atoms with Gasteiger partial charge in [-0.1, -0.05) is 0 Å². The van der Waals surface area contributed by atoms with Crippen molar-refractivity contribution in [2.75, 3.05) is 0 Å². The molecule has 2 rings (SSSR count). The van der Waals surface area contributed by atoms with Gasteiger partial charge in [-0.2, -0.15) is 0 Å². The lowest BCUT2D eigenvalue weighted by Crippen LogP contribution is -2.36. The fraction of sp³-hybridized carbons (Fsp3) is 0.583. The van der Waals surface area contributed by atoms with Crippen molar-refractivity contribution in [3.05, 3.63) is 18.2 Å². The molecule has 1 N–H and O–H groups in total. The summed E-state index contributed by atoms with van der Waals surface area (Å²) in [5.41, 5.74) is 0.552. The van der Waals surface area contributed by atoms with Crippen molar-refractivity contribution in [1.82, 2.24) is 14.5 Å². The van der Waals surface area contributed by atoms with E-state index in [1.54, 1.807) is 10.9 Å². The first-order chi connectivity index (χ1) is 8.56. The number of carboxylic acid groups (broad SMARTS) is 1. The highest BCUT2D eigenvalue weighted by Crippen LogP contribution is 2.33. The third kappa shape index (κ3) is 2.23. The van der Waals surface area contributed by atoms with Gasteiger partial charge in [0.15, 0.2) is 6.04 Å². The number of imidazole rings is 1. The van der Waals surface area contributed by atoms with E-state index in [1.165, 1.54) is 11.1 Å². The van der Waals surface area contributed by atoms with Crippen LogP contribution in [0.3, 0.4) is 0 Å². The van der Waals surface area contributed by atoms with Crippen LogP contribution in [0.25, 0.3) is 0 Å². The minimum Gasteiger partial charge on any atom is -0.479 e. The van der Waals surface area contributed by atoms with Crippen molar-refractivity contribution < 1.29 is 14.7 Å². The second-order valence-electron chi connectivity index (χ2n) is 4.84. The zero-order chi connectivity index (χ0) is 13.3. The summed E-state index contributed by atoms with van der Waals surface area (Å²) in [6.45, 7) is 3.90. The first kappa shape index (κ1) is 12.6. The van der Waals surface area contributed by atoms with Gasteiger partial charge < -0.3 is 14.6 Å². The molecule has 0 aliphatic heterocycles. The average Bonchev–Trinajstić information content (AvgIpc) is 3.02. The van der Waals surface area contributed by atoms with Crippen molar-refractivity contribution in [1.29, 1.82) is 0 Å². The predicted octanol–water partition coefficient (Wildman–Crippen LogP) is 1.21. The van der Waals surface area contributed by atoms with Crippen LogP contribution >= 0.6 is 0 Å². The molecule has 1 atom stereocenters. The Morgan fingerprint density at radius 1 is 1.61 bits per heavy atom. The Kier molecular flexibility index (Phi) is 3.36. The first-order valence-corrected chi connectivity index (χ1v) is 6.03. The van der Waals surface area contributed by atoms with Gasteiger partial charge in [-0.15, -0.1) is 0 Å². The summed E-state index contributed by atoms with van der Waals surface area (Å²) >= 11 is 0. The van der Waals surface area contributed by atoms with Crippen LogP contribution in [0, 0.1) is 0 Å². The lowest BCUT2D eigenvalue weighted by atomic mass is 10.1. The number of rotatable bonds is 6. The van der Waals surface area contributed by atoms with Crippen molar-refractivity contribution in [2.24, 2.45) is 0 Å². The van der Waals surface area contributed by atoms with E-state index in [1.807, 2.05) is 13.8 Å². The molecule has 1 amide bonds. The minimum atomic E-state index is -1.02. The third-order valence-electron chi connectivity index (χ3n) is 3.15. The van der Waals surface area contributed by atoms with E-state index >= 15 is 0 Å². The number of hydrogen-bond acceptors (Lipinski definition) is 3. The van der Waals surface area contributed by atoms with Crippen molar-refractivity contribution in [3.63, 3.8) is 0 Å². The van der Waals surface area contributed by atoms with Crippen LogP contribution in [0.5, 0.6) is 0 Å². The van der Waals surface area contributed by atoms with Gasteiger partial charge in [0.05, 0.1) is 18.2 Å². The number of carbonyl (C=O) groups is 2. The summed E-state index contributed by atoms with van der Waals surface area (Å²) in [6, 6.07) is -0.781. The van der Waals surface area contributed by atoms with Crippen LogP contribution in [0.2, 0.25) is 0 Å². The number of amides is 1. The Bertz CT molecular complexity index is 451. The molecule has 1 aromatic heterocycles. The number of hydrogen-bond donors (Lipinski definition) is 1. The molecule has 1 aliphatic carbocycles. The van der Waals surface area contributed by atoms with Crippen molar-refractivity contribution >= 4 is 12.4 Å². The van der Waals surface area contributed by atoms with Gasteiger partial charge >= 0.3 is 5.97 Å². The minimum absolute atomic E-state index is 0.0547. The summed E-state index contributed by atoms with van der Waals surface area (Å²) in [6.07, 6.45) is 5.51. The molecule has 1 fully saturated rings. The molecule has 0 saturated heterocycles. The maximum Gasteiger partial charge on any atom is 0.332 e. The van der Waals surface area contributed by atoms with Gasteiger partial charge in [0.25, 0.3) is 0 Å². The smallest absolute Gasteiger partial charge is 0.332 e. The topological polar surface area (TPSA) is 75.4 Å². The highest BCUT2D eigenvalue weighted by molar-refractivity contribution is 5.78. The van der Waals surface area contributed by atoms with E-state index < -0.39 is 12.0 Å². The summed E-state index contributed by atoms with van der Waals surface area (Å²) < 4.78 is 1.79. The molecule has 0 spiro atoms. The molecule has 98 valence electrons. The van der Waals surface area contributed by atoms with Gasteiger partial charge in [-0.25, -0.2) is 9.78 Å². The SMILES string of the molecule is CC(C)n1cncc1C(C(=O)O)N(C=O)C1CC1. The fourth-order valence-electron chi connectivity index (χ4n) is 2.10. The zero-order valence-electron chi connectivity index (χ0n) is 10.5. The van der Waals surface area contributed by atoms with E-state index in [4.69, 9.17) is 0 Å². The highest BCUT2D eigenvalue weighted by Gasteiger charge is 2.39. The van der Waals surface area contributed by atoms with Crippen LogP contribution in [0.15, 0.2) is 12.5 Å². The summed E-state index contributed by atoms with van der Waals surface area (Å²) in [7, 11) is 0. The summed E-state index contributed by atoms with van der Waals surface area (Å²) in [5, 5.41) is 9.39. The molecule has 0 bridgehead atoms. The van der Waals surface area contributed by atoms with E-state index in [0.717, 1.165) is 12.8 Å². The average molecular weight is 251 g/mol. The summed E-state index contributed by atoms with van der Waals surface area (Å²) in [5.74, 6) is -1.02. The molecular weight excluding hydrogens is 234 g/mol. The molecule has 6 nitrogen and oxygen atoms in total. The maximum absolute atomic E-state index is 11.5. The molecule has 0 radical (unpaired) electrons. The lowest BCUT2D eigenvalue weighted by molar-refractivity contribution is -0.147. The highest BCUT2D eigenvalue weighted by atomic mass is 16.4. The Hall–Kier alpha value is -1.85. The Labute approximate surface area is 105 Å². The van der Waals surface area contributed by atoms with E-state index in [2.05, 4.69) is 4.98 Å². The Morgan fingerprint density at radius 2 is 2.28 bits per heavy atom. The predicted molar refractivity (Wildman–Crippen MR) is 63.9 cm³/mol. The quantitative estimate of drug-likeness (QED) is 0.771.